The van der Waals surface area contributed by atoms with Gasteiger partial charge in [-0.3, -0.25) is 20.2 Å². The number of para-hydroxylation sites is 1. The van der Waals surface area contributed by atoms with Crippen LogP contribution < -0.4 is 10.6 Å². The number of nitro groups is 1. The molecular weight excluding hydrogens is 292 g/mol. The van der Waals surface area contributed by atoms with Crippen LogP contribution in [0, 0.1) is 17.0 Å². The molecule has 0 atom stereocenters. The van der Waals surface area contributed by atoms with Crippen molar-refractivity contribution >= 4 is 33.8 Å². The van der Waals surface area contributed by atoms with Crippen LogP contribution in [0.5, 0.6) is 0 Å². The summed E-state index contributed by atoms with van der Waals surface area (Å²) in [6.45, 7) is 4.10. The zero-order valence-electron chi connectivity index (χ0n) is 11.5. The van der Waals surface area contributed by atoms with Crippen LogP contribution >= 0.6 is 11.3 Å². The molecule has 21 heavy (non-hydrogen) atoms. The summed E-state index contributed by atoms with van der Waals surface area (Å²) in [6, 6.07) is 4.39. The maximum Gasteiger partial charge on any atom is 0.293 e. The minimum absolute atomic E-state index is 0.125. The zero-order chi connectivity index (χ0) is 15.4. The van der Waals surface area contributed by atoms with Crippen molar-refractivity contribution in [3.8, 4) is 0 Å². The minimum atomic E-state index is -0.512. The molecule has 0 spiro atoms. The number of nitro benzene ring substituents is 1. The van der Waals surface area contributed by atoms with Crippen molar-refractivity contribution < 1.29 is 9.72 Å². The lowest BCUT2D eigenvalue weighted by molar-refractivity contribution is -0.384. The van der Waals surface area contributed by atoms with Crippen LogP contribution in [0.2, 0.25) is 0 Å². The molecule has 0 aliphatic heterocycles. The van der Waals surface area contributed by atoms with Crippen molar-refractivity contribution in [1.29, 1.82) is 0 Å². The Hall–Kier alpha value is -2.48. The van der Waals surface area contributed by atoms with Gasteiger partial charge in [0.15, 0.2) is 5.13 Å². The van der Waals surface area contributed by atoms with Crippen molar-refractivity contribution in [1.82, 2.24) is 4.98 Å². The van der Waals surface area contributed by atoms with E-state index in [2.05, 4.69) is 15.6 Å². The molecule has 1 aromatic heterocycles. The van der Waals surface area contributed by atoms with E-state index >= 15 is 0 Å². The topological polar surface area (TPSA) is 97.2 Å². The molecule has 0 fully saturated rings. The molecule has 110 valence electrons. The van der Waals surface area contributed by atoms with Gasteiger partial charge in [-0.25, -0.2) is 4.98 Å². The number of aromatic nitrogens is 1. The molecule has 2 rings (SSSR count). The normalized spacial score (nSPS) is 10.2. The first-order chi connectivity index (χ1) is 10.0. The Morgan fingerprint density at radius 1 is 1.48 bits per heavy atom. The van der Waals surface area contributed by atoms with Crippen molar-refractivity contribution in [3.63, 3.8) is 0 Å². The molecule has 0 bridgehead atoms. The number of thiazole rings is 1. The Balaban J connectivity index is 2.35. The second-order valence-electron chi connectivity index (χ2n) is 4.24. The van der Waals surface area contributed by atoms with Crippen molar-refractivity contribution in [2.24, 2.45) is 0 Å². The largest absolute Gasteiger partial charge is 0.379 e. The number of hydrogen-bond acceptors (Lipinski definition) is 6. The Morgan fingerprint density at radius 3 is 2.81 bits per heavy atom. The predicted octanol–water partition coefficient (Wildman–Crippen LogP) is 3.04. The highest BCUT2D eigenvalue weighted by atomic mass is 32.1. The summed E-state index contributed by atoms with van der Waals surface area (Å²) in [5.74, 6) is -0.427. The Labute approximate surface area is 125 Å². The number of rotatable bonds is 5. The standard InChI is InChI=1S/C13H14N4O3S/c1-3-14-11-9(5-4-6-10(11)17(19)20)12(18)16-13-15-8(2)7-21-13/h4-7,14H,3H2,1-2H3,(H,15,16,18). The number of hydrogen-bond donors (Lipinski definition) is 2. The Kier molecular flexibility index (Phi) is 4.49. The molecule has 1 heterocycles. The molecule has 0 aliphatic rings. The fourth-order valence-electron chi connectivity index (χ4n) is 1.82. The summed E-state index contributed by atoms with van der Waals surface area (Å²) in [5, 5.41) is 18.9. The van der Waals surface area contributed by atoms with E-state index in [9.17, 15) is 14.9 Å². The zero-order valence-corrected chi connectivity index (χ0v) is 12.4. The van der Waals surface area contributed by atoms with E-state index in [0.29, 0.717) is 11.7 Å². The second kappa shape index (κ2) is 6.31. The molecule has 0 unspecified atom stereocenters. The highest BCUT2D eigenvalue weighted by molar-refractivity contribution is 7.13. The molecule has 0 saturated heterocycles. The van der Waals surface area contributed by atoms with Crippen LogP contribution in [0.4, 0.5) is 16.5 Å². The lowest BCUT2D eigenvalue weighted by atomic mass is 10.1. The summed E-state index contributed by atoms with van der Waals surface area (Å²) < 4.78 is 0. The molecule has 0 saturated carbocycles. The summed E-state index contributed by atoms with van der Waals surface area (Å²) in [6.07, 6.45) is 0. The van der Waals surface area contributed by atoms with Gasteiger partial charge >= 0.3 is 0 Å². The minimum Gasteiger partial charge on any atom is -0.379 e. The van der Waals surface area contributed by atoms with Gasteiger partial charge in [-0.2, -0.15) is 0 Å². The van der Waals surface area contributed by atoms with E-state index in [-0.39, 0.29) is 16.9 Å². The van der Waals surface area contributed by atoms with E-state index in [1.165, 1.54) is 23.5 Å². The fraction of sp³-hybridized carbons (Fsp3) is 0.231. The number of carbonyl (C=O) groups excluding carboxylic acids is 1. The maximum atomic E-state index is 12.3. The summed E-state index contributed by atoms with van der Waals surface area (Å²) in [7, 11) is 0. The number of amides is 1. The van der Waals surface area contributed by atoms with Crippen LogP contribution in [0.25, 0.3) is 0 Å². The number of benzene rings is 1. The van der Waals surface area contributed by atoms with Crippen molar-refractivity contribution in [3.05, 3.63) is 45.0 Å². The highest BCUT2D eigenvalue weighted by Crippen LogP contribution is 2.29. The molecule has 8 heteroatoms. The third-order valence-electron chi connectivity index (χ3n) is 2.68. The summed E-state index contributed by atoms with van der Waals surface area (Å²) in [4.78, 5) is 27.0. The van der Waals surface area contributed by atoms with Crippen LogP contribution in [-0.2, 0) is 0 Å². The Morgan fingerprint density at radius 2 is 2.24 bits per heavy atom. The van der Waals surface area contributed by atoms with Gasteiger partial charge in [0.05, 0.1) is 16.2 Å². The van der Waals surface area contributed by atoms with E-state index < -0.39 is 10.8 Å². The smallest absolute Gasteiger partial charge is 0.293 e. The first kappa shape index (κ1) is 14.9. The summed E-state index contributed by atoms with van der Waals surface area (Å²) in [5.41, 5.74) is 1.12. The van der Waals surface area contributed by atoms with Crippen LogP contribution in [0.3, 0.4) is 0 Å². The van der Waals surface area contributed by atoms with E-state index in [4.69, 9.17) is 0 Å². The van der Waals surface area contributed by atoms with Gasteiger partial charge in [-0.05, 0) is 19.9 Å². The maximum absolute atomic E-state index is 12.3. The van der Waals surface area contributed by atoms with E-state index in [0.717, 1.165) is 5.69 Å². The molecule has 7 nitrogen and oxygen atoms in total. The second-order valence-corrected chi connectivity index (χ2v) is 5.09. The van der Waals surface area contributed by atoms with Gasteiger partial charge in [0.25, 0.3) is 11.6 Å². The molecule has 1 aromatic carbocycles. The number of carbonyl (C=O) groups is 1. The molecular formula is C13H14N4O3S. The molecule has 2 aromatic rings. The number of anilines is 2. The fourth-order valence-corrected chi connectivity index (χ4v) is 2.50. The summed E-state index contributed by atoms with van der Waals surface area (Å²) >= 11 is 1.30. The van der Waals surface area contributed by atoms with Gasteiger partial charge in [0.1, 0.15) is 5.69 Å². The first-order valence-electron chi connectivity index (χ1n) is 6.27. The lowest BCUT2D eigenvalue weighted by Crippen LogP contribution is -2.15. The van der Waals surface area contributed by atoms with Crippen LogP contribution in [0.1, 0.15) is 23.0 Å². The predicted molar refractivity (Wildman–Crippen MR) is 82.1 cm³/mol. The number of aryl methyl sites for hydroxylation is 1. The van der Waals surface area contributed by atoms with Gasteiger partial charge in [-0.1, -0.05) is 6.07 Å². The van der Waals surface area contributed by atoms with Crippen molar-refractivity contribution in [2.45, 2.75) is 13.8 Å². The van der Waals surface area contributed by atoms with Gasteiger partial charge in [0, 0.05) is 18.0 Å². The van der Waals surface area contributed by atoms with Gasteiger partial charge in [0.2, 0.25) is 0 Å². The van der Waals surface area contributed by atoms with Gasteiger partial charge < -0.3 is 5.32 Å². The lowest BCUT2D eigenvalue weighted by Gasteiger charge is -2.10. The molecule has 0 aliphatic carbocycles. The average molecular weight is 306 g/mol. The van der Waals surface area contributed by atoms with E-state index in [1.54, 1.807) is 6.07 Å². The monoisotopic (exact) mass is 306 g/mol. The van der Waals surface area contributed by atoms with Crippen molar-refractivity contribution in [2.75, 3.05) is 17.2 Å². The quantitative estimate of drug-likeness (QED) is 0.653. The first-order valence-corrected chi connectivity index (χ1v) is 7.15. The molecule has 0 radical (unpaired) electrons. The third-order valence-corrected chi connectivity index (χ3v) is 3.55. The number of nitrogens with one attached hydrogen (secondary N) is 2. The molecule has 1 amide bonds. The van der Waals surface area contributed by atoms with Crippen LogP contribution in [-0.4, -0.2) is 22.4 Å². The SMILES string of the molecule is CCNc1c(C(=O)Nc2nc(C)cs2)cccc1[N+](=O)[O-]. The Bertz CT molecular complexity index is 684. The average Bonchev–Trinajstić information content (AvgIpc) is 2.84. The van der Waals surface area contributed by atoms with E-state index in [1.807, 2.05) is 19.2 Å². The third kappa shape index (κ3) is 3.34. The van der Waals surface area contributed by atoms with Crippen LogP contribution in [0.15, 0.2) is 23.6 Å². The number of nitrogens with zero attached hydrogens (tertiary/aromatic N) is 2. The molecule has 2 N–H and O–H groups in total. The highest BCUT2D eigenvalue weighted by Gasteiger charge is 2.21. The van der Waals surface area contributed by atoms with Gasteiger partial charge in [-0.15, -0.1) is 11.3 Å².